The number of sulfonamides is 1. The lowest BCUT2D eigenvalue weighted by atomic mass is 9.89. The van der Waals surface area contributed by atoms with Gasteiger partial charge in [0.25, 0.3) is 0 Å². The molecule has 2 aromatic carbocycles. The highest BCUT2D eigenvalue weighted by molar-refractivity contribution is 7.89. The second-order valence-corrected chi connectivity index (χ2v) is 12.4. The Morgan fingerprint density at radius 1 is 0.886 bits per heavy atom. The van der Waals surface area contributed by atoms with Crippen molar-refractivity contribution >= 4 is 20.9 Å². The summed E-state index contributed by atoms with van der Waals surface area (Å²) >= 11 is 0. The van der Waals surface area contributed by atoms with Gasteiger partial charge < -0.3 is 4.74 Å². The van der Waals surface area contributed by atoms with Crippen LogP contribution in [0.4, 0.5) is 0 Å². The summed E-state index contributed by atoms with van der Waals surface area (Å²) in [5.41, 5.74) is 3.91. The van der Waals surface area contributed by atoms with E-state index in [0.29, 0.717) is 36.7 Å². The minimum atomic E-state index is -3.62. The smallest absolute Gasteiger partial charge is 0.243 e. The molecule has 0 N–H and O–H groups in total. The Morgan fingerprint density at radius 3 is 2.06 bits per heavy atom. The van der Waals surface area contributed by atoms with E-state index in [1.165, 1.54) is 5.56 Å². The van der Waals surface area contributed by atoms with Gasteiger partial charge in [-0.3, -0.25) is 4.98 Å². The van der Waals surface area contributed by atoms with Crippen molar-refractivity contribution in [2.45, 2.75) is 83.1 Å². The van der Waals surface area contributed by atoms with Gasteiger partial charge >= 0.3 is 0 Å². The molecule has 1 aliphatic heterocycles. The molecule has 0 atom stereocenters. The number of ether oxygens (including phenoxy) is 1. The molecule has 4 rings (SSSR count). The van der Waals surface area contributed by atoms with Crippen LogP contribution >= 0.6 is 0 Å². The molecule has 0 unspecified atom stereocenters. The fourth-order valence-corrected chi connectivity index (χ4v) is 6.99. The van der Waals surface area contributed by atoms with E-state index in [0.717, 1.165) is 27.8 Å². The van der Waals surface area contributed by atoms with Crippen LogP contribution in [0.1, 0.15) is 88.8 Å². The first kappa shape index (κ1) is 25.6. The molecule has 0 aliphatic carbocycles. The third-order valence-corrected chi connectivity index (χ3v) is 9.00. The fourth-order valence-electron chi connectivity index (χ4n) is 4.86. The highest BCUT2D eigenvalue weighted by Gasteiger charge is 2.35. The van der Waals surface area contributed by atoms with Crippen LogP contribution in [0, 0.1) is 0 Å². The van der Waals surface area contributed by atoms with Gasteiger partial charge in [-0.15, -0.1) is 0 Å². The first-order valence-electron chi connectivity index (χ1n) is 12.8. The van der Waals surface area contributed by atoms with E-state index in [1.54, 1.807) is 10.5 Å². The highest BCUT2D eigenvalue weighted by Crippen LogP contribution is 2.37. The number of rotatable bonds is 7. The molecule has 2 heterocycles. The molecule has 1 fully saturated rings. The molecule has 1 saturated heterocycles. The monoisotopic (exact) mass is 494 g/mol. The third-order valence-electron chi connectivity index (χ3n) is 6.97. The maximum atomic E-state index is 14.0. The Morgan fingerprint density at radius 2 is 1.49 bits per heavy atom. The van der Waals surface area contributed by atoms with E-state index < -0.39 is 10.0 Å². The van der Waals surface area contributed by atoms with Crippen molar-refractivity contribution in [1.29, 1.82) is 0 Å². The van der Waals surface area contributed by atoms with Crippen molar-refractivity contribution in [3.8, 4) is 5.75 Å². The van der Waals surface area contributed by atoms with E-state index in [9.17, 15) is 8.42 Å². The van der Waals surface area contributed by atoms with Crippen molar-refractivity contribution in [3.63, 3.8) is 0 Å². The van der Waals surface area contributed by atoms with E-state index in [-0.39, 0.29) is 17.9 Å². The molecular formula is C29H38N2O3S. The number of benzene rings is 2. The Balaban J connectivity index is 1.59. The van der Waals surface area contributed by atoms with Crippen LogP contribution in [0.15, 0.2) is 53.6 Å². The topological polar surface area (TPSA) is 59.5 Å². The first-order chi connectivity index (χ1) is 16.6. The minimum Gasteiger partial charge on any atom is -0.488 e. The predicted octanol–water partition coefficient (Wildman–Crippen LogP) is 6.84. The molecule has 0 bridgehead atoms. The van der Waals surface area contributed by atoms with Crippen LogP contribution in [0.5, 0.6) is 5.75 Å². The van der Waals surface area contributed by atoms with Gasteiger partial charge in [-0.25, -0.2) is 8.42 Å². The number of nitrogens with zero attached hydrogens (tertiary/aromatic N) is 2. The molecule has 0 spiro atoms. The average molecular weight is 495 g/mol. The number of hydrogen-bond acceptors (Lipinski definition) is 4. The van der Waals surface area contributed by atoms with Crippen molar-refractivity contribution in [2.75, 3.05) is 13.1 Å². The Kier molecular flexibility index (Phi) is 7.53. The fraction of sp³-hybridized carbons (Fsp3) is 0.483. The second-order valence-electron chi connectivity index (χ2n) is 10.5. The summed E-state index contributed by atoms with van der Waals surface area (Å²) < 4.78 is 36.0. The minimum absolute atomic E-state index is 0.0356. The molecule has 35 heavy (non-hydrogen) atoms. The molecule has 1 aromatic heterocycles. The van der Waals surface area contributed by atoms with Gasteiger partial charge in [-0.1, -0.05) is 71.9 Å². The lowest BCUT2D eigenvalue weighted by Gasteiger charge is -2.33. The molecular weight excluding hydrogens is 456 g/mol. The maximum absolute atomic E-state index is 14.0. The van der Waals surface area contributed by atoms with Crippen molar-refractivity contribution in [3.05, 3.63) is 65.4 Å². The van der Waals surface area contributed by atoms with Crippen LogP contribution in [0.2, 0.25) is 0 Å². The Hall–Kier alpha value is -2.44. The first-order valence-corrected chi connectivity index (χ1v) is 14.2. The second kappa shape index (κ2) is 10.3. The summed E-state index contributed by atoms with van der Waals surface area (Å²) in [7, 11) is -3.62. The van der Waals surface area contributed by atoms with Crippen LogP contribution in [0.25, 0.3) is 10.9 Å². The van der Waals surface area contributed by atoms with Crippen LogP contribution < -0.4 is 4.74 Å². The van der Waals surface area contributed by atoms with Gasteiger partial charge in [0.05, 0.1) is 4.90 Å². The number of aromatic nitrogens is 1. The van der Waals surface area contributed by atoms with Gasteiger partial charge in [0.1, 0.15) is 17.4 Å². The van der Waals surface area contributed by atoms with Gasteiger partial charge in [-0.05, 0) is 59.4 Å². The van der Waals surface area contributed by atoms with Crippen molar-refractivity contribution < 1.29 is 13.2 Å². The molecule has 0 amide bonds. The summed E-state index contributed by atoms with van der Waals surface area (Å²) in [6, 6.07) is 14.1. The van der Waals surface area contributed by atoms with Crippen LogP contribution in [0.3, 0.4) is 0 Å². The number of fused-ring (bicyclic) bond motifs is 1. The maximum Gasteiger partial charge on any atom is 0.243 e. The number of hydrogen-bond donors (Lipinski definition) is 0. The normalized spacial score (nSPS) is 16.0. The number of pyridine rings is 1. The quantitative estimate of drug-likeness (QED) is 0.361. The predicted molar refractivity (Wildman–Crippen MR) is 143 cm³/mol. The molecule has 1 aliphatic rings. The average Bonchev–Trinajstić information content (AvgIpc) is 2.83. The van der Waals surface area contributed by atoms with Crippen LogP contribution in [-0.4, -0.2) is 36.9 Å². The zero-order chi connectivity index (χ0) is 25.3. The summed E-state index contributed by atoms with van der Waals surface area (Å²) in [6.07, 6.45) is 3.04. The van der Waals surface area contributed by atoms with Gasteiger partial charge in [0.2, 0.25) is 10.0 Å². The largest absolute Gasteiger partial charge is 0.488 e. The lowest BCUT2D eigenvalue weighted by molar-refractivity contribution is 0.136. The highest BCUT2D eigenvalue weighted by atomic mass is 32.2. The van der Waals surface area contributed by atoms with Crippen molar-refractivity contribution in [1.82, 2.24) is 9.29 Å². The number of para-hydroxylation sites is 1. The van der Waals surface area contributed by atoms with Gasteiger partial charge in [0.15, 0.2) is 0 Å². The van der Waals surface area contributed by atoms with E-state index in [4.69, 9.17) is 4.74 Å². The van der Waals surface area contributed by atoms with E-state index in [1.807, 2.05) is 30.3 Å². The number of piperidine rings is 1. The summed E-state index contributed by atoms with van der Waals surface area (Å²) in [5, 5.41) is 1.04. The Bertz CT molecular complexity index is 1260. The lowest BCUT2D eigenvalue weighted by Crippen LogP contribution is -2.42. The standard InChI is InChI=1S/C29H38N2O3S/c1-19(2)23-17-25(20(3)4)29(26(18-23)21(5)6)35(32,33)31-15-12-24(13-16-31)34-27-11-7-9-22-10-8-14-30-28(22)27/h7-11,14,17-21,24H,12-13,15-16H2,1-6H3. The summed E-state index contributed by atoms with van der Waals surface area (Å²) in [5.74, 6) is 1.35. The van der Waals surface area contributed by atoms with Gasteiger partial charge in [-0.2, -0.15) is 4.31 Å². The molecule has 0 saturated carbocycles. The van der Waals surface area contributed by atoms with Gasteiger partial charge in [0, 0.05) is 24.7 Å². The summed E-state index contributed by atoms with van der Waals surface area (Å²) in [6.45, 7) is 13.6. The summed E-state index contributed by atoms with van der Waals surface area (Å²) in [4.78, 5) is 5.00. The Labute approximate surface area is 210 Å². The van der Waals surface area contributed by atoms with E-state index >= 15 is 0 Å². The molecule has 188 valence electrons. The van der Waals surface area contributed by atoms with Crippen molar-refractivity contribution in [2.24, 2.45) is 0 Å². The van der Waals surface area contributed by atoms with E-state index in [2.05, 4.69) is 58.7 Å². The SMILES string of the molecule is CC(C)c1cc(C(C)C)c(S(=O)(=O)N2CCC(Oc3cccc4cccnc34)CC2)c(C(C)C)c1. The van der Waals surface area contributed by atoms with Crippen LogP contribution in [-0.2, 0) is 10.0 Å². The molecule has 3 aromatic rings. The zero-order valence-corrected chi connectivity index (χ0v) is 22.6. The molecule has 5 nitrogen and oxygen atoms in total. The molecule has 6 heteroatoms. The molecule has 0 radical (unpaired) electrons. The zero-order valence-electron chi connectivity index (χ0n) is 21.8. The third kappa shape index (κ3) is 5.24.